The number of hydrogen-bond acceptors (Lipinski definition) is 0. The van der Waals surface area contributed by atoms with E-state index in [0.717, 1.165) is 21.5 Å². The van der Waals surface area contributed by atoms with E-state index in [9.17, 15) is 0 Å². The van der Waals surface area contributed by atoms with Gasteiger partial charge in [0.25, 0.3) is 0 Å². The van der Waals surface area contributed by atoms with Gasteiger partial charge in [-0.3, -0.25) is 0 Å². The van der Waals surface area contributed by atoms with Crippen molar-refractivity contribution >= 4 is 50.7 Å². The third kappa shape index (κ3) is 3.61. The normalized spacial score (nSPS) is 17.1. The summed E-state index contributed by atoms with van der Waals surface area (Å²) in [6.45, 7) is 0. The van der Waals surface area contributed by atoms with Crippen LogP contribution in [0.15, 0.2) is 22.7 Å². The van der Waals surface area contributed by atoms with Crippen molar-refractivity contribution < 1.29 is 0 Å². The fraction of sp³-hybridized carbons (Fsp3) is 0.600. The van der Waals surface area contributed by atoms with Crippen LogP contribution in [0, 0.1) is 11.3 Å². The quantitative estimate of drug-likeness (QED) is 0.523. The Morgan fingerprint density at radius 2 is 1.79 bits per heavy atom. The van der Waals surface area contributed by atoms with Crippen LogP contribution in [0.5, 0.6) is 0 Å². The fourth-order valence-corrected chi connectivity index (χ4v) is 4.73. The predicted octanol–water partition coefficient (Wildman–Crippen LogP) is 6.30. The lowest BCUT2D eigenvalue weighted by Crippen LogP contribution is -2.35. The second kappa shape index (κ2) is 7.02. The molecule has 1 aliphatic rings. The van der Waals surface area contributed by atoms with E-state index in [1.54, 1.807) is 0 Å². The van der Waals surface area contributed by atoms with Gasteiger partial charge in [0.15, 0.2) is 0 Å². The summed E-state index contributed by atoms with van der Waals surface area (Å²) in [6.07, 6.45) is 5.96. The highest BCUT2D eigenvalue weighted by molar-refractivity contribution is 9.10. The highest BCUT2D eigenvalue weighted by Gasteiger charge is 2.39. The van der Waals surface area contributed by atoms with Crippen molar-refractivity contribution in [1.29, 1.82) is 0 Å². The molecule has 2 rings (SSSR count). The third-order valence-electron chi connectivity index (χ3n) is 4.31. The minimum absolute atomic E-state index is 0.0168. The third-order valence-corrected chi connectivity index (χ3v) is 6.22. The summed E-state index contributed by atoms with van der Waals surface area (Å²) in [4.78, 5) is 0. The first-order valence-electron chi connectivity index (χ1n) is 6.67. The predicted molar refractivity (Wildman–Crippen MR) is 88.7 cm³/mol. The minimum Gasteiger partial charge on any atom is -0.126 e. The first-order valence-corrected chi connectivity index (χ1v) is 8.91. The van der Waals surface area contributed by atoms with Crippen molar-refractivity contribution in [2.24, 2.45) is 11.3 Å². The summed E-state index contributed by atoms with van der Waals surface area (Å²) in [5, 5.41) is 0.798. The molecule has 19 heavy (non-hydrogen) atoms. The molecule has 0 atom stereocenters. The van der Waals surface area contributed by atoms with E-state index in [0.29, 0.717) is 17.7 Å². The topological polar surface area (TPSA) is 0 Å². The molecular weight excluding hydrogens is 366 g/mol. The molecule has 106 valence electrons. The highest BCUT2D eigenvalue weighted by Crippen LogP contribution is 2.45. The van der Waals surface area contributed by atoms with Crippen molar-refractivity contribution in [3.63, 3.8) is 0 Å². The Bertz CT molecular complexity index is 423. The molecule has 0 N–H and O–H groups in total. The number of rotatable bonds is 5. The summed E-state index contributed by atoms with van der Waals surface area (Å²) in [7, 11) is 0. The Kier molecular flexibility index (Phi) is 5.90. The van der Waals surface area contributed by atoms with E-state index in [1.165, 1.54) is 25.7 Å². The molecule has 0 amide bonds. The van der Waals surface area contributed by atoms with Crippen molar-refractivity contribution in [1.82, 2.24) is 0 Å². The monoisotopic (exact) mass is 382 g/mol. The Labute approximate surface area is 138 Å². The Balaban J connectivity index is 2.24. The van der Waals surface area contributed by atoms with Gasteiger partial charge in [0.2, 0.25) is 0 Å². The summed E-state index contributed by atoms with van der Waals surface area (Å²) < 4.78 is 1.00. The Morgan fingerprint density at radius 1 is 1.16 bits per heavy atom. The van der Waals surface area contributed by atoms with Gasteiger partial charge >= 0.3 is 0 Å². The zero-order chi connectivity index (χ0) is 13.9. The van der Waals surface area contributed by atoms with Gasteiger partial charge in [0.1, 0.15) is 0 Å². The van der Waals surface area contributed by atoms with Crippen LogP contribution in [0.2, 0.25) is 5.02 Å². The van der Waals surface area contributed by atoms with E-state index in [4.69, 9.17) is 34.8 Å². The first kappa shape index (κ1) is 15.9. The lowest BCUT2D eigenvalue weighted by Gasteiger charge is -2.36. The molecule has 0 aliphatic heterocycles. The molecule has 1 saturated carbocycles. The van der Waals surface area contributed by atoms with Gasteiger partial charge in [0.05, 0.1) is 0 Å². The van der Waals surface area contributed by atoms with Crippen molar-refractivity contribution in [2.45, 2.75) is 32.1 Å². The average molecular weight is 385 g/mol. The molecule has 1 aliphatic carbocycles. The van der Waals surface area contributed by atoms with Gasteiger partial charge in [0, 0.05) is 26.7 Å². The van der Waals surface area contributed by atoms with Crippen LogP contribution < -0.4 is 0 Å². The molecular formula is C15H18BrCl3. The maximum atomic E-state index is 6.34. The van der Waals surface area contributed by atoms with Crippen molar-refractivity contribution in [3.05, 3.63) is 33.3 Å². The van der Waals surface area contributed by atoms with Crippen LogP contribution >= 0.6 is 50.7 Å². The number of hydrogen-bond donors (Lipinski definition) is 0. The standard InChI is InChI=1S/C15H18BrCl3/c16-13-6-5-11(14(19)7-13)8-15(9-17,10-18)12-3-1-2-4-12/h5-7,12H,1-4,8-10H2. The highest BCUT2D eigenvalue weighted by atomic mass is 79.9. The fourth-order valence-electron chi connectivity index (χ4n) is 3.08. The summed E-state index contributed by atoms with van der Waals surface area (Å²) >= 11 is 22.4. The molecule has 1 fully saturated rings. The van der Waals surface area contributed by atoms with Gasteiger partial charge < -0.3 is 0 Å². The van der Waals surface area contributed by atoms with Crippen molar-refractivity contribution in [3.8, 4) is 0 Å². The molecule has 1 aromatic rings. The van der Waals surface area contributed by atoms with Crippen LogP contribution in [0.4, 0.5) is 0 Å². The second-order valence-electron chi connectivity index (χ2n) is 5.52. The van der Waals surface area contributed by atoms with E-state index in [1.807, 2.05) is 12.1 Å². The van der Waals surface area contributed by atoms with Crippen LogP contribution in [0.3, 0.4) is 0 Å². The summed E-state index contributed by atoms with van der Waals surface area (Å²) in [5.74, 6) is 1.84. The molecule has 0 saturated heterocycles. The number of alkyl halides is 2. The van der Waals surface area contributed by atoms with Gasteiger partial charge in [-0.1, -0.05) is 46.4 Å². The molecule has 0 spiro atoms. The molecule has 0 nitrogen and oxygen atoms in total. The van der Waals surface area contributed by atoms with Gasteiger partial charge in [-0.15, -0.1) is 23.2 Å². The largest absolute Gasteiger partial charge is 0.126 e. The van der Waals surface area contributed by atoms with Crippen LogP contribution in [0.25, 0.3) is 0 Å². The van der Waals surface area contributed by atoms with Gasteiger partial charge in [-0.05, 0) is 42.9 Å². The molecule has 0 unspecified atom stereocenters. The van der Waals surface area contributed by atoms with E-state index >= 15 is 0 Å². The zero-order valence-corrected chi connectivity index (χ0v) is 14.6. The molecule has 0 heterocycles. The van der Waals surface area contributed by atoms with Crippen LogP contribution in [-0.2, 0) is 6.42 Å². The van der Waals surface area contributed by atoms with E-state index in [2.05, 4.69) is 22.0 Å². The summed E-state index contributed by atoms with van der Waals surface area (Å²) in [5.41, 5.74) is 1.13. The number of benzene rings is 1. The lowest BCUT2D eigenvalue weighted by molar-refractivity contribution is 0.225. The zero-order valence-electron chi connectivity index (χ0n) is 10.8. The molecule has 0 radical (unpaired) electrons. The Morgan fingerprint density at radius 3 is 2.32 bits per heavy atom. The van der Waals surface area contributed by atoms with Gasteiger partial charge in [-0.2, -0.15) is 0 Å². The van der Waals surface area contributed by atoms with E-state index in [-0.39, 0.29) is 5.41 Å². The smallest absolute Gasteiger partial charge is 0.0449 e. The van der Waals surface area contributed by atoms with Crippen molar-refractivity contribution in [2.75, 3.05) is 11.8 Å². The van der Waals surface area contributed by atoms with E-state index < -0.39 is 0 Å². The number of halogens is 4. The average Bonchev–Trinajstić information content (AvgIpc) is 2.93. The van der Waals surface area contributed by atoms with Crippen LogP contribution in [0.1, 0.15) is 31.2 Å². The van der Waals surface area contributed by atoms with Crippen LogP contribution in [-0.4, -0.2) is 11.8 Å². The Hall–Kier alpha value is 0.570. The molecule has 0 aromatic heterocycles. The SMILES string of the molecule is ClCC(CCl)(Cc1ccc(Br)cc1Cl)C1CCCC1. The van der Waals surface area contributed by atoms with Gasteiger partial charge in [-0.25, -0.2) is 0 Å². The first-order chi connectivity index (χ1) is 9.11. The molecule has 0 bridgehead atoms. The second-order valence-corrected chi connectivity index (χ2v) is 7.38. The molecule has 4 heteroatoms. The maximum Gasteiger partial charge on any atom is 0.0449 e. The maximum absolute atomic E-state index is 6.34. The summed E-state index contributed by atoms with van der Waals surface area (Å²) in [6, 6.07) is 6.05. The molecule has 1 aromatic carbocycles. The lowest BCUT2D eigenvalue weighted by atomic mass is 9.73. The minimum atomic E-state index is -0.0168.